The number of carbonyl (C=O) groups is 1. The Bertz CT molecular complexity index is 717. The van der Waals surface area contributed by atoms with E-state index in [2.05, 4.69) is 10.3 Å². The van der Waals surface area contributed by atoms with Crippen LogP contribution in [0.1, 0.15) is 35.3 Å². The average molecular weight is 320 g/mol. The van der Waals surface area contributed by atoms with Crippen LogP contribution in [0.15, 0.2) is 36.7 Å². The van der Waals surface area contributed by atoms with Gasteiger partial charge in [0.05, 0.1) is 6.54 Å². The summed E-state index contributed by atoms with van der Waals surface area (Å²) in [6, 6.07) is 4.51. The average Bonchev–Trinajstić information content (AvgIpc) is 2.52. The first-order chi connectivity index (χ1) is 10.8. The number of nitrogens with one attached hydrogen (secondary N) is 1. The van der Waals surface area contributed by atoms with Gasteiger partial charge in [0, 0.05) is 29.6 Å². The highest BCUT2D eigenvalue weighted by molar-refractivity contribution is 5.95. The van der Waals surface area contributed by atoms with E-state index in [1.165, 1.54) is 19.2 Å². The molecule has 0 saturated heterocycles. The maximum Gasteiger partial charge on any atom is 0.251 e. The molecule has 122 valence electrons. The van der Waals surface area contributed by atoms with Crippen LogP contribution >= 0.6 is 0 Å². The molecule has 1 aromatic heterocycles. The van der Waals surface area contributed by atoms with Gasteiger partial charge in [0.1, 0.15) is 17.2 Å². The van der Waals surface area contributed by atoms with E-state index in [-0.39, 0.29) is 18.0 Å². The summed E-state index contributed by atoms with van der Waals surface area (Å²) >= 11 is 0. The molecule has 2 N–H and O–H groups in total. The van der Waals surface area contributed by atoms with Crippen molar-refractivity contribution >= 4 is 5.91 Å². The summed E-state index contributed by atoms with van der Waals surface area (Å²) in [4.78, 5) is 16.2. The lowest BCUT2D eigenvalue weighted by Gasteiger charge is -2.25. The highest BCUT2D eigenvalue weighted by Crippen LogP contribution is 2.23. The van der Waals surface area contributed by atoms with E-state index in [1.54, 1.807) is 12.3 Å². The number of aryl methyl sites for hydroxylation is 1. The Balaban J connectivity index is 2.14. The van der Waals surface area contributed by atoms with Crippen molar-refractivity contribution in [2.24, 2.45) is 0 Å². The lowest BCUT2D eigenvalue weighted by molar-refractivity contribution is 0.0494. The Hall–Kier alpha value is -2.34. The second-order valence-electron chi connectivity index (χ2n) is 5.47. The van der Waals surface area contributed by atoms with E-state index >= 15 is 0 Å². The molecule has 0 aliphatic carbocycles. The van der Waals surface area contributed by atoms with Crippen LogP contribution in [0.4, 0.5) is 8.78 Å². The minimum absolute atomic E-state index is 0.0790. The van der Waals surface area contributed by atoms with Crippen LogP contribution in [0.5, 0.6) is 0 Å². The van der Waals surface area contributed by atoms with Crippen LogP contribution in [0.3, 0.4) is 0 Å². The fourth-order valence-corrected chi connectivity index (χ4v) is 2.30. The van der Waals surface area contributed by atoms with Gasteiger partial charge < -0.3 is 10.4 Å². The van der Waals surface area contributed by atoms with E-state index in [0.717, 1.165) is 11.6 Å². The van der Waals surface area contributed by atoms with Crippen molar-refractivity contribution in [1.29, 1.82) is 0 Å². The third-order valence-electron chi connectivity index (χ3n) is 3.63. The van der Waals surface area contributed by atoms with Gasteiger partial charge >= 0.3 is 0 Å². The van der Waals surface area contributed by atoms with Gasteiger partial charge in [0.15, 0.2) is 0 Å². The summed E-state index contributed by atoms with van der Waals surface area (Å²) in [5.41, 5.74) is -0.507. The fourth-order valence-electron chi connectivity index (χ4n) is 2.30. The molecule has 1 aromatic carbocycles. The number of benzene rings is 1. The molecule has 2 rings (SSSR count). The van der Waals surface area contributed by atoms with Crippen molar-refractivity contribution in [3.05, 3.63) is 65.0 Å². The molecular formula is C17H18F2N2O2. The highest BCUT2D eigenvalue weighted by Gasteiger charge is 2.28. The van der Waals surface area contributed by atoms with Gasteiger partial charge in [0.2, 0.25) is 0 Å². The Morgan fingerprint density at radius 1 is 1.35 bits per heavy atom. The Morgan fingerprint density at radius 2 is 2.09 bits per heavy atom. The second kappa shape index (κ2) is 6.83. The molecule has 1 amide bonds. The van der Waals surface area contributed by atoms with E-state index < -0.39 is 17.2 Å². The first kappa shape index (κ1) is 17.0. The van der Waals surface area contributed by atoms with Crippen LogP contribution in [0, 0.1) is 11.6 Å². The Labute approximate surface area is 133 Å². The molecule has 6 heteroatoms. The number of aliphatic hydroxyl groups is 1. The van der Waals surface area contributed by atoms with Crippen LogP contribution in [0.2, 0.25) is 0 Å². The molecule has 0 spiro atoms. The van der Waals surface area contributed by atoms with Crippen LogP contribution in [0.25, 0.3) is 0 Å². The third-order valence-corrected chi connectivity index (χ3v) is 3.63. The fraction of sp³-hybridized carbons (Fsp3) is 0.294. The number of rotatable bonds is 5. The van der Waals surface area contributed by atoms with Gasteiger partial charge in [-0.2, -0.15) is 0 Å². The summed E-state index contributed by atoms with van der Waals surface area (Å²) in [7, 11) is 0. The number of amides is 1. The number of nitrogens with zero attached hydrogens (tertiary/aromatic N) is 1. The van der Waals surface area contributed by atoms with Gasteiger partial charge in [-0.3, -0.25) is 9.78 Å². The standard InChI is InChI=1S/C17H18F2N2O2/c1-3-11-9-20-7-6-13(11)16(22)21-10-17(2,23)14-5-4-12(18)8-15(14)19/h4-9,23H,3,10H2,1-2H3,(H,21,22). The number of hydrogen-bond acceptors (Lipinski definition) is 3. The highest BCUT2D eigenvalue weighted by atomic mass is 19.1. The Kier molecular flexibility index (Phi) is 5.05. The van der Waals surface area contributed by atoms with Gasteiger partial charge in [0.25, 0.3) is 5.91 Å². The monoisotopic (exact) mass is 320 g/mol. The summed E-state index contributed by atoms with van der Waals surface area (Å²) in [6.07, 6.45) is 3.75. The second-order valence-corrected chi connectivity index (χ2v) is 5.47. The SMILES string of the molecule is CCc1cnccc1C(=O)NCC(C)(O)c1ccc(F)cc1F. The van der Waals surface area contributed by atoms with Crippen molar-refractivity contribution in [2.75, 3.05) is 6.54 Å². The lowest BCUT2D eigenvalue weighted by Crippen LogP contribution is -2.39. The van der Waals surface area contributed by atoms with Crippen molar-refractivity contribution in [3.63, 3.8) is 0 Å². The molecular weight excluding hydrogens is 302 g/mol. The van der Waals surface area contributed by atoms with Gasteiger partial charge in [-0.05, 0) is 31.0 Å². The summed E-state index contributed by atoms with van der Waals surface area (Å²) in [5, 5.41) is 13.0. The van der Waals surface area contributed by atoms with Crippen molar-refractivity contribution in [1.82, 2.24) is 10.3 Å². The molecule has 0 aliphatic rings. The van der Waals surface area contributed by atoms with Gasteiger partial charge in [-0.1, -0.05) is 13.0 Å². The number of carbonyl (C=O) groups excluding carboxylic acids is 1. The quantitative estimate of drug-likeness (QED) is 0.890. The predicted molar refractivity (Wildman–Crippen MR) is 81.9 cm³/mol. The van der Waals surface area contributed by atoms with Crippen LogP contribution < -0.4 is 5.32 Å². The third kappa shape index (κ3) is 3.90. The van der Waals surface area contributed by atoms with Crippen molar-refractivity contribution in [3.8, 4) is 0 Å². The zero-order chi connectivity index (χ0) is 17.0. The largest absolute Gasteiger partial charge is 0.383 e. The van der Waals surface area contributed by atoms with Gasteiger partial charge in [-0.15, -0.1) is 0 Å². The first-order valence-corrected chi connectivity index (χ1v) is 7.24. The molecule has 0 fully saturated rings. The molecule has 4 nitrogen and oxygen atoms in total. The normalized spacial score (nSPS) is 13.4. The molecule has 1 heterocycles. The first-order valence-electron chi connectivity index (χ1n) is 7.24. The van der Waals surface area contributed by atoms with E-state index in [4.69, 9.17) is 0 Å². The van der Waals surface area contributed by atoms with Crippen LogP contribution in [-0.4, -0.2) is 22.5 Å². The number of hydrogen-bond donors (Lipinski definition) is 2. The van der Waals surface area contributed by atoms with E-state index in [1.807, 2.05) is 6.92 Å². The molecule has 0 saturated carbocycles. The topological polar surface area (TPSA) is 62.2 Å². The van der Waals surface area contributed by atoms with E-state index in [0.29, 0.717) is 18.1 Å². The maximum atomic E-state index is 13.8. The molecule has 23 heavy (non-hydrogen) atoms. The number of aromatic nitrogens is 1. The smallest absolute Gasteiger partial charge is 0.251 e. The van der Waals surface area contributed by atoms with Crippen LogP contribution in [-0.2, 0) is 12.0 Å². The zero-order valence-corrected chi connectivity index (χ0v) is 12.9. The minimum Gasteiger partial charge on any atom is -0.383 e. The predicted octanol–water partition coefficient (Wildman–Crippen LogP) is 2.56. The molecule has 1 unspecified atom stereocenters. The summed E-state index contributed by atoms with van der Waals surface area (Å²) in [6.45, 7) is 3.05. The molecule has 0 bridgehead atoms. The molecule has 0 aliphatic heterocycles. The van der Waals surface area contributed by atoms with Crippen molar-refractivity contribution in [2.45, 2.75) is 25.9 Å². The summed E-state index contributed by atoms with van der Waals surface area (Å²) in [5.74, 6) is -1.97. The maximum absolute atomic E-state index is 13.8. The van der Waals surface area contributed by atoms with E-state index in [9.17, 15) is 18.7 Å². The number of pyridine rings is 1. The number of halogens is 2. The van der Waals surface area contributed by atoms with Gasteiger partial charge in [-0.25, -0.2) is 8.78 Å². The molecule has 0 radical (unpaired) electrons. The minimum atomic E-state index is -1.66. The molecule has 1 atom stereocenters. The lowest BCUT2D eigenvalue weighted by atomic mass is 9.95. The Morgan fingerprint density at radius 3 is 2.74 bits per heavy atom. The van der Waals surface area contributed by atoms with Crippen molar-refractivity contribution < 1.29 is 18.7 Å². The zero-order valence-electron chi connectivity index (χ0n) is 12.9. The summed E-state index contributed by atoms with van der Waals surface area (Å²) < 4.78 is 26.7. The molecule has 2 aromatic rings.